The second-order valence-corrected chi connectivity index (χ2v) is 16.1. The quantitative estimate of drug-likeness (QED) is 0.107. The summed E-state index contributed by atoms with van der Waals surface area (Å²) < 4.78 is 2.44. The monoisotopic (exact) mass is 796 g/mol. The van der Waals surface area contributed by atoms with Gasteiger partial charge in [-0.3, -0.25) is 10.3 Å². The van der Waals surface area contributed by atoms with Gasteiger partial charge in [0.05, 0.1) is 22.6 Å². The fourth-order valence-corrected chi connectivity index (χ4v) is 9.73. The van der Waals surface area contributed by atoms with Crippen LogP contribution >= 0.6 is 0 Å². The Morgan fingerprint density at radius 3 is 1.77 bits per heavy atom. The van der Waals surface area contributed by atoms with Crippen LogP contribution in [-0.4, -0.2) is 10.8 Å². The lowest BCUT2D eigenvalue weighted by Gasteiger charge is -2.34. The molecular formula is C58H44N4. The third-order valence-corrected chi connectivity index (χ3v) is 12.6. The average molecular weight is 797 g/mol. The van der Waals surface area contributed by atoms with E-state index in [0.717, 1.165) is 33.4 Å². The van der Waals surface area contributed by atoms with Crippen LogP contribution in [0.15, 0.2) is 236 Å². The molecule has 4 nitrogen and oxygen atoms in total. The van der Waals surface area contributed by atoms with E-state index in [0.29, 0.717) is 0 Å². The largest absolute Gasteiger partial charge is 0.312 e. The smallest absolute Gasteiger partial charge is 0.127 e. The second kappa shape index (κ2) is 15.8. The van der Waals surface area contributed by atoms with Gasteiger partial charge in [-0.05, 0) is 97.6 Å². The Kier molecular flexibility index (Phi) is 9.50. The third kappa shape index (κ3) is 6.36. The summed E-state index contributed by atoms with van der Waals surface area (Å²) in [4.78, 5) is 5.14. The molecule has 0 saturated heterocycles. The number of nitrogens with two attached hydrogens (primary N) is 1. The summed E-state index contributed by atoms with van der Waals surface area (Å²) in [6, 6.07) is 82.7. The molecule has 0 bridgehead atoms. The second-order valence-electron chi connectivity index (χ2n) is 16.1. The molecule has 0 amide bonds. The van der Waals surface area contributed by atoms with Crippen molar-refractivity contribution in [1.29, 1.82) is 0 Å². The minimum atomic E-state index is -0.513. The third-order valence-electron chi connectivity index (χ3n) is 12.6. The molecule has 4 heteroatoms. The van der Waals surface area contributed by atoms with E-state index in [1.165, 1.54) is 55.3 Å². The van der Waals surface area contributed by atoms with Crippen molar-refractivity contribution in [2.45, 2.75) is 17.7 Å². The molecule has 0 spiro atoms. The fourth-order valence-electron chi connectivity index (χ4n) is 9.73. The lowest BCUT2D eigenvalue weighted by atomic mass is 9.67. The Labute approximate surface area is 362 Å². The van der Waals surface area contributed by atoms with Gasteiger partial charge in [0.15, 0.2) is 0 Å². The topological polar surface area (TPSA) is 55.3 Å². The van der Waals surface area contributed by atoms with Gasteiger partial charge in [-0.25, -0.2) is 0 Å². The molecule has 0 fully saturated rings. The molecule has 1 aliphatic rings. The van der Waals surface area contributed by atoms with Crippen molar-refractivity contribution in [2.75, 3.05) is 0 Å². The first-order valence-electron chi connectivity index (χ1n) is 21.3. The van der Waals surface area contributed by atoms with Gasteiger partial charge in [-0.2, -0.15) is 0 Å². The van der Waals surface area contributed by atoms with Crippen molar-refractivity contribution in [1.82, 2.24) is 9.88 Å². The van der Waals surface area contributed by atoms with E-state index in [9.17, 15) is 0 Å². The number of rotatable bonds is 10. The van der Waals surface area contributed by atoms with Gasteiger partial charge in [-0.15, -0.1) is 0 Å². The van der Waals surface area contributed by atoms with E-state index in [1.54, 1.807) is 0 Å². The van der Waals surface area contributed by atoms with Crippen LogP contribution < -0.4 is 11.1 Å². The Morgan fingerprint density at radius 1 is 0.468 bits per heavy atom. The fraction of sp³-hybridized carbons (Fsp3) is 0.0517. The number of benzene rings is 9. The first-order valence-corrected chi connectivity index (χ1v) is 21.3. The van der Waals surface area contributed by atoms with Crippen LogP contribution in [0.25, 0.3) is 49.7 Å². The molecule has 1 aliphatic carbocycles. The molecule has 296 valence electrons. The normalized spacial score (nSPS) is 13.9. The van der Waals surface area contributed by atoms with Crippen molar-refractivity contribution in [3.05, 3.63) is 269 Å². The van der Waals surface area contributed by atoms with Crippen LogP contribution in [0.1, 0.15) is 51.3 Å². The summed E-state index contributed by atoms with van der Waals surface area (Å²) in [5, 5.41) is 6.05. The molecule has 11 rings (SSSR count). The summed E-state index contributed by atoms with van der Waals surface area (Å²) in [7, 11) is 0. The number of aliphatic imine (C=N–C) groups is 1. The molecule has 9 aromatic carbocycles. The molecule has 62 heavy (non-hydrogen) atoms. The van der Waals surface area contributed by atoms with Gasteiger partial charge in [0.1, 0.15) is 6.17 Å². The predicted molar refractivity (Wildman–Crippen MR) is 257 cm³/mol. The van der Waals surface area contributed by atoms with Crippen LogP contribution in [0.2, 0.25) is 0 Å². The van der Waals surface area contributed by atoms with Crippen molar-refractivity contribution in [3.8, 4) is 27.9 Å². The summed E-state index contributed by atoms with van der Waals surface area (Å²) in [6.45, 7) is 0. The first kappa shape index (κ1) is 37.4. The summed E-state index contributed by atoms with van der Waals surface area (Å²) in [5.74, 6) is 0. The van der Waals surface area contributed by atoms with E-state index in [-0.39, 0.29) is 0 Å². The van der Waals surface area contributed by atoms with Gasteiger partial charge in [-0.1, -0.05) is 194 Å². The first-order chi connectivity index (χ1) is 30.7. The summed E-state index contributed by atoms with van der Waals surface area (Å²) in [5.41, 5.74) is 22.6. The molecule has 0 radical (unpaired) electrons. The highest BCUT2D eigenvalue weighted by molar-refractivity contribution is 6.13. The van der Waals surface area contributed by atoms with Crippen molar-refractivity contribution >= 4 is 28.0 Å². The number of aromatic nitrogens is 1. The number of nitrogens with one attached hydrogen (secondary N) is 1. The summed E-state index contributed by atoms with van der Waals surface area (Å²) >= 11 is 0. The Hall–Kier alpha value is -7.63. The molecule has 10 aromatic rings. The molecular weight excluding hydrogens is 753 g/mol. The van der Waals surface area contributed by atoms with Crippen molar-refractivity contribution < 1.29 is 0 Å². The van der Waals surface area contributed by atoms with Crippen LogP contribution in [-0.2, 0) is 5.41 Å². The average Bonchev–Trinajstić information content (AvgIpc) is 3.83. The van der Waals surface area contributed by atoms with E-state index < -0.39 is 17.7 Å². The maximum absolute atomic E-state index is 6.85. The zero-order valence-corrected chi connectivity index (χ0v) is 34.1. The maximum atomic E-state index is 6.85. The zero-order valence-electron chi connectivity index (χ0n) is 34.1. The standard InChI is InChI=1S/C58H44N4/c59-56(42-23-10-3-11-24-42)61-57(60-39-40-19-6-1-7-20-40)44-25-18-30-47(35-44)62-54-34-33-43(41-21-8-2-9-22-41)36-50(54)51-37-53-49(38-55(51)62)48-31-16-17-32-52(48)58(53,45-26-12-4-13-27-45)46-28-14-5-15-29-46/h1-39,56-57,61H,59H2. The van der Waals surface area contributed by atoms with Gasteiger partial charge in [0.25, 0.3) is 0 Å². The maximum Gasteiger partial charge on any atom is 0.127 e. The molecule has 1 aromatic heterocycles. The van der Waals surface area contributed by atoms with Crippen LogP contribution in [0, 0.1) is 0 Å². The van der Waals surface area contributed by atoms with Gasteiger partial charge < -0.3 is 10.3 Å². The molecule has 0 saturated carbocycles. The summed E-state index contributed by atoms with van der Waals surface area (Å²) in [6.07, 6.45) is 1.08. The SMILES string of the molecule is NC(NC(N=Cc1ccccc1)c1cccc(-n2c3ccc(-c4ccccc4)cc3c3cc4c(cc32)-c2ccccc2C4(c2ccccc2)c2ccccc2)c1)c1ccccc1. The number of nitrogens with zero attached hydrogens (tertiary/aromatic N) is 2. The van der Waals surface area contributed by atoms with Crippen molar-refractivity contribution in [2.24, 2.45) is 10.7 Å². The molecule has 2 unspecified atom stereocenters. The lowest BCUT2D eigenvalue weighted by Crippen LogP contribution is -2.31. The molecule has 3 N–H and O–H groups in total. The Bertz CT molecular complexity index is 3170. The highest BCUT2D eigenvalue weighted by atomic mass is 15.1. The number of fused-ring (bicyclic) bond motifs is 6. The molecule has 1 heterocycles. The minimum absolute atomic E-state index is 0.420. The van der Waals surface area contributed by atoms with E-state index >= 15 is 0 Å². The predicted octanol–water partition coefficient (Wildman–Crippen LogP) is 13.2. The van der Waals surface area contributed by atoms with Gasteiger partial charge >= 0.3 is 0 Å². The van der Waals surface area contributed by atoms with E-state index in [4.69, 9.17) is 10.7 Å². The van der Waals surface area contributed by atoms with Gasteiger partial charge in [0, 0.05) is 22.7 Å². The molecule has 0 aliphatic heterocycles. The number of hydrogen-bond donors (Lipinski definition) is 2. The van der Waals surface area contributed by atoms with Crippen molar-refractivity contribution in [3.63, 3.8) is 0 Å². The van der Waals surface area contributed by atoms with Gasteiger partial charge in [0.2, 0.25) is 0 Å². The molecule has 2 atom stereocenters. The highest BCUT2D eigenvalue weighted by Gasteiger charge is 2.46. The minimum Gasteiger partial charge on any atom is -0.312 e. The Balaban J connectivity index is 1.15. The lowest BCUT2D eigenvalue weighted by molar-refractivity contribution is 0.467. The number of hydrogen-bond acceptors (Lipinski definition) is 3. The zero-order chi connectivity index (χ0) is 41.5. The Morgan fingerprint density at radius 2 is 1.06 bits per heavy atom. The van der Waals surface area contributed by atoms with E-state index in [2.05, 4.69) is 204 Å². The highest BCUT2D eigenvalue weighted by Crippen LogP contribution is 2.57. The van der Waals surface area contributed by atoms with Crippen LogP contribution in [0.4, 0.5) is 0 Å². The van der Waals surface area contributed by atoms with E-state index in [1.807, 2.05) is 42.6 Å². The van der Waals surface area contributed by atoms with Crippen LogP contribution in [0.3, 0.4) is 0 Å². The van der Waals surface area contributed by atoms with Crippen LogP contribution in [0.5, 0.6) is 0 Å².